The van der Waals surface area contributed by atoms with Crippen LogP contribution in [0.25, 0.3) is 0 Å². The molecule has 3 nitrogen and oxygen atoms in total. The average Bonchev–Trinajstić information content (AvgIpc) is 1.59. The molecule has 1 fully saturated rings. The summed E-state index contributed by atoms with van der Waals surface area (Å²) in [5.74, 6) is 0. The maximum absolute atomic E-state index is 12.4. The first kappa shape index (κ1) is 6.92. The van der Waals surface area contributed by atoms with E-state index >= 15 is 0 Å². The van der Waals surface area contributed by atoms with E-state index in [-0.39, 0.29) is 12.6 Å². The summed E-state index contributed by atoms with van der Waals surface area (Å²) in [6.45, 7) is 0.494. The quantitative estimate of drug-likeness (QED) is 0.480. The molecule has 0 saturated carbocycles. The lowest BCUT2D eigenvalue weighted by atomic mass is 10.1. The smallest absolute Gasteiger partial charge is 0.117 e. The molecule has 2 atom stereocenters. The molecular formula is C5H11FN2O. The molecule has 1 saturated heterocycles. The van der Waals surface area contributed by atoms with Gasteiger partial charge in [-0.05, 0) is 6.42 Å². The predicted molar refractivity (Wildman–Crippen MR) is 30.8 cm³/mol. The summed E-state index contributed by atoms with van der Waals surface area (Å²) in [7, 11) is 0. The van der Waals surface area contributed by atoms with E-state index in [9.17, 15) is 4.39 Å². The number of nitrogens with zero attached hydrogens (tertiary/aromatic N) is 1. The van der Waals surface area contributed by atoms with Crippen LogP contribution in [0.5, 0.6) is 0 Å². The van der Waals surface area contributed by atoms with Crippen LogP contribution >= 0.6 is 0 Å². The van der Waals surface area contributed by atoms with Gasteiger partial charge in [-0.15, -0.1) is 0 Å². The van der Waals surface area contributed by atoms with E-state index in [1.165, 1.54) is 0 Å². The van der Waals surface area contributed by atoms with Gasteiger partial charge in [-0.3, -0.25) is 0 Å². The highest BCUT2D eigenvalue weighted by atomic mass is 19.1. The third-order valence-corrected chi connectivity index (χ3v) is 1.41. The van der Waals surface area contributed by atoms with Crippen LogP contribution in [0, 0.1) is 0 Å². The van der Waals surface area contributed by atoms with Gasteiger partial charge in [-0.1, -0.05) is 0 Å². The molecule has 0 bridgehead atoms. The number of piperidine rings is 1. The number of hydrogen-bond acceptors (Lipinski definition) is 3. The molecule has 9 heavy (non-hydrogen) atoms. The van der Waals surface area contributed by atoms with Gasteiger partial charge in [-0.25, -0.2) is 4.39 Å². The van der Waals surface area contributed by atoms with Crippen LogP contribution < -0.4 is 5.73 Å². The van der Waals surface area contributed by atoms with Gasteiger partial charge in [0.05, 0.1) is 6.54 Å². The Bertz CT molecular complexity index is 75.9. The van der Waals surface area contributed by atoms with Crippen LogP contribution in [0.15, 0.2) is 0 Å². The van der Waals surface area contributed by atoms with Gasteiger partial charge in [0, 0.05) is 12.6 Å². The fourth-order valence-electron chi connectivity index (χ4n) is 1.05. The van der Waals surface area contributed by atoms with Crippen molar-refractivity contribution in [2.45, 2.75) is 18.6 Å². The van der Waals surface area contributed by atoms with Crippen LogP contribution in [0.1, 0.15) is 6.42 Å². The zero-order valence-electron chi connectivity index (χ0n) is 5.13. The van der Waals surface area contributed by atoms with Crippen molar-refractivity contribution in [2.24, 2.45) is 5.73 Å². The van der Waals surface area contributed by atoms with Gasteiger partial charge in [-0.2, -0.15) is 5.06 Å². The molecule has 0 aromatic rings. The van der Waals surface area contributed by atoms with Crippen molar-refractivity contribution in [1.29, 1.82) is 0 Å². The zero-order valence-corrected chi connectivity index (χ0v) is 5.13. The SMILES string of the molecule is NC1CC(F)CN(O)C1. The molecule has 1 heterocycles. The molecule has 0 aromatic carbocycles. The normalized spacial score (nSPS) is 39.0. The van der Waals surface area contributed by atoms with Crippen molar-refractivity contribution >= 4 is 0 Å². The first-order chi connectivity index (χ1) is 4.18. The molecule has 0 radical (unpaired) electrons. The second-order valence-electron chi connectivity index (χ2n) is 2.46. The molecule has 4 heteroatoms. The monoisotopic (exact) mass is 134 g/mol. The Balaban J connectivity index is 2.34. The molecule has 1 rings (SSSR count). The van der Waals surface area contributed by atoms with Crippen molar-refractivity contribution in [1.82, 2.24) is 5.06 Å². The maximum atomic E-state index is 12.4. The summed E-state index contributed by atoms with van der Waals surface area (Å²) in [6.07, 6.45) is -0.587. The van der Waals surface area contributed by atoms with E-state index in [1.807, 2.05) is 0 Å². The molecule has 2 unspecified atom stereocenters. The van der Waals surface area contributed by atoms with Crippen LogP contribution in [0.2, 0.25) is 0 Å². The van der Waals surface area contributed by atoms with Crippen LogP contribution in [0.4, 0.5) is 4.39 Å². The fraction of sp³-hybridized carbons (Fsp3) is 1.00. The van der Waals surface area contributed by atoms with Crippen molar-refractivity contribution in [3.05, 3.63) is 0 Å². The predicted octanol–water partition coefficient (Wildman–Crippen LogP) is -0.253. The zero-order chi connectivity index (χ0) is 6.85. The lowest BCUT2D eigenvalue weighted by molar-refractivity contribution is -0.125. The molecule has 0 amide bonds. The highest BCUT2D eigenvalue weighted by Crippen LogP contribution is 2.09. The van der Waals surface area contributed by atoms with E-state index in [1.54, 1.807) is 0 Å². The Morgan fingerprint density at radius 2 is 2.22 bits per heavy atom. The Labute approximate surface area is 53.2 Å². The Kier molecular flexibility index (Phi) is 2.00. The topological polar surface area (TPSA) is 49.5 Å². The second kappa shape index (κ2) is 2.60. The number of nitrogens with two attached hydrogens (primary N) is 1. The van der Waals surface area contributed by atoms with Crippen molar-refractivity contribution in [3.8, 4) is 0 Å². The molecule has 3 N–H and O–H groups in total. The lowest BCUT2D eigenvalue weighted by Gasteiger charge is -2.27. The number of alkyl halides is 1. The number of rotatable bonds is 0. The van der Waals surface area contributed by atoms with Gasteiger partial charge in [0.1, 0.15) is 6.17 Å². The molecule has 54 valence electrons. The summed E-state index contributed by atoms with van der Waals surface area (Å²) in [5.41, 5.74) is 5.37. The van der Waals surface area contributed by atoms with Gasteiger partial charge < -0.3 is 10.9 Å². The van der Waals surface area contributed by atoms with E-state index in [0.717, 1.165) is 5.06 Å². The highest BCUT2D eigenvalue weighted by molar-refractivity contribution is 4.76. The van der Waals surface area contributed by atoms with Gasteiger partial charge in [0.15, 0.2) is 0 Å². The van der Waals surface area contributed by atoms with E-state index in [2.05, 4.69) is 0 Å². The molecule has 0 aromatic heterocycles. The number of hydrogen-bond donors (Lipinski definition) is 2. The minimum Gasteiger partial charge on any atom is -0.326 e. The van der Waals surface area contributed by atoms with Crippen molar-refractivity contribution < 1.29 is 9.60 Å². The molecule has 1 aliphatic rings. The van der Waals surface area contributed by atoms with E-state index < -0.39 is 6.17 Å². The standard InChI is InChI=1S/C5H11FN2O/c6-4-1-5(7)3-8(9)2-4/h4-5,9H,1-3,7H2. The minimum atomic E-state index is -0.959. The summed E-state index contributed by atoms with van der Waals surface area (Å²) >= 11 is 0. The summed E-state index contributed by atoms with van der Waals surface area (Å²) in [4.78, 5) is 0. The number of halogens is 1. The fourth-order valence-corrected chi connectivity index (χ4v) is 1.05. The highest BCUT2D eigenvalue weighted by Gasteiger charge is 2.22. The minimum absolute atomic E-state index is 0.105. The Morgan fingerprint density at radius 1 is 1.56 bits per heavy atom. The third kappa shape index (κ3) is 1.89. The van der Waals surface area contributed by atoms with Gasteiger partial charge >= 0.3 is 0 Å². The second-order valence-corrected chi connectivity index (χ2v) is 2.46. The van der Waals surface area contributed by atoms with Crippen LogP contribution in [-0.4, -0.2) is 35.6 Å². The van der Waals surface area contributed by atoms with E-state index in [0.29, 0.717) is 13.0 Å². The average molecular weight is 134 g/mol. The molecule has 0 spiro atoms. The largest absolute Gasteiger partial charge is 0.326 e. The van der Waals surface area contributed by atoms with E-state index in [4.69, 9.17) is 10.9 Å². The first-order valence-corrected chi connectivity index (χ1v) is 3.02. The lowest BCUT2D eigenvalue weighted by Crippen LogP contribution is -2.46. The Morgan fingerprint density at radius 3 is 2.67 bits per heavy atom. The van der Waals surface area contributed by atoms with Crippen LogP contribution in [-0.2, 0) is 0 Å². The summed E-state index contributed by atoms with van der Waals surface area (Å²) < 4.78 is 12.4. The van der Waals surface area contributed by atoms with Crippen LogP contribution in [0.3, 0.4) is 0 Å². The first-order valence-electron chi connectivity index (χ1n) is 3.02. The summed E-state index contributed by atoms with van der Waals surface area (Å²) in [6, 6.07) is -0.209. The van der Waals surface area contributed by atoms with Gasteiger partial charge in [0.25, 0.3) is 0 Å². The van der Waals surface area contributed by atoms with Crippen molar-refractivity contribution in [3.63, 3.8) is 0 Å². The summed E-state index contributed by atoms with van der Waals surface area (Å²) in [5, 5.41) is 9.69. The van der Waals surface area contributed by atoms with Gasteiger partial charge in [0.2, 0.25) is 0 Å². The van der Waals surface area contributed by atoms with Crippen molar-refractivity contribution in [2.75, 3.05) is 13.1 Å². The molecule has 0 aliphatic carbocycles. The Hall–Kier alpha value is -0.190. The number of hydroxylamine groups is 2. The maximum Gasteiger partial charge on any atom is 0.117 e. The molecule has 1 aliphatic heterocycles. The molecular weight excluding hydrogens is 123 g/mol. The third-order valence-electron chi connectivity index (χ3n) is 1.41.